The molecule has 2 aromatic heterocycles. The Bertz CT molecular complexity index is 868. The minimum Gasteiger partial charge on any atom is -0.352 e. The van der Waals surface area contributed by atoms with Gasteiger partial charge in [-0.1, -0.05) is 0 Å². The summed E-state index contributed by atoms with van der Waals surface area (Å²) < 4.78 is 15.1. The number of nitrogens with one attached hydrogen (secondary N) is 3. The molecular formula is C14H13FN6O2. The maximum Gasteiger partial charge on any atom is 0.340 e. The molecule has 0 saturated heterocycles. The highest BCUT2D eigenvalue weighted by Gasteiger charge is 2.14. The van der Waals surface area contributed by atoms with Crippen LogP contribution in [0, 0.1) is 5.82 Å². The SMILES string of the molecule is O=C(NCCc1n[nH]c(=O)[nH]1)c1cc(F)ccc1-n1ccnc1. The quantitative estimate of drug-likeness (QED) is 0.633. The van der Waals surface area contributed by atoms with Crippen LogP contribution in [-0.4, -0.2) is 37.2 Å². The van der Waals surface area contributed by atoms with Crippen LogP contribution in [0.5, 0.6) is 0 Å². The van der Waals surface area contributed by atoms with Gasteiger partial charge in [-0.05, 0) is 18.2 Å². The molecule has 8 nitrogen and oxygen atoms in total. The van der Waals surface area contributed by atoms with Gasteiger partial charge in [-0.2, -0.15) is 5.10 Å². The van der Waals surface area contributed by atoms with Crippen LogP contribution in [-0.2, 0) is 6.42 Å². The second-order valence-electron chi connectivity index (χ2n) is 4.76. The number of carbonyl (C=O) groups excluding carboxylic acids is 1. The van der Waals surface area contributed by atoms with Gasteiger partial charge in [0, 0.05) is 25.4 Å². The molecule has 3 rings (SSSR count). The first-order chi connectivity index (χ1) is 11.1. The van der Waals surface area contributed by atoms with E-state index in [9.17, 15) is 14.0 Å². The van der Waals surface area contributed by atoms with E-state index >= 15 is 0 Å². The van der Waals surface area contributed by atoms with Crippen LogP contribution >= 0.6 is 0 Å². The highest BCUT2D eigenvalue weighted by molar-refractivity contribution is 5.97. The van der Waals surface area contributed by atoms with E-state index in [2.05, 4.69) is 25.5 Å². The molecule has 23 heavy (non-hydrogen) atoms. The number of hydrogen-bond acceptors (Lipinski definition) is 4. The molecule has 9 heteroatoms. The number of imidazole rings is 1. The summed E-state index contributed by atoms with van der Waals surface area (Å²) in [6.07, 6.45) is 5.11. The largest absolute Gasteiger partial charge is 0.352 e. The molecule has 3 aromatic rings. The average molecular weight is 316 g/mol. The van der Waals surface area contributed by atoms with Gasteiger partial charge in [0.05, 0.1) is 17.6 Å². The molecule has 2 heterocycles. The normalized spacial score (nSPS) is 10.7. The lowest BCUT2D eigenvalue weighted by molar-refractivity contribution is 0.0953. The van der Waals surface area contributed by atoms with E-state index < -0.39 is 17.4 Å². The number of hydrogen-bond donors (Lipinski definition) is 3. The van der Waals surface area contributed by atoms with Gasteiger partial charge < -0.3 is 9.88 Å². The number of amides is 1. The van der Waals surface area contributed by atoms with Crippen LogP contribution in [0.3, 0.4) is 0 Å². The van der Waals surface area contributed by atoms with Crippen molar-refractivity contribution in [3.05, 3.63) is 64.6 Å². The zero-order valence-corrected chi connectivity index (χ0v) is 11.9. The number of benzene rings is 1. The molecule has 0 radical (unpaired) electrons. The number of halogens is 1. The molecule has 0 bridgehead atoms. The van der Waals surface area contributed by atoms with Gasteiger partial charge in [0.2, 0.25) is 0 Å². The van der Waals surface area contributed by atoms with Crippen LogP contribution in [0.15, 0.2) is 41.7 Å². The van der Waals surface area contributed by atoms with Crippen LogP contribution in [0.25, 0.3) is 5.69 Å². The third-order valence-electron chi connectivity index (χ3n) is 3.18. The summed E-state index contributed by atoms with van der Waals surface area (Å²) in [6.45, 7) is 0.250. The highest BCUT2D eigenvalue weighted by atomic mass is 19.1. The minimum atomic E-state index is -0.504. The van der Waals surface area contributed by atoms with Gasteiger partial charge in [-0.25, -0.2) is 19.3 Å². The van der Waals surface area contributed by atoms with Crippen molar-refractivity contribution in [2.45, 2.75) is 6.42 Å². The Morgan fingerprint density at radius 2 is 2.26 bits per heavy atom. The van der Waals surface area contributed by atoms with Gasteiger partial charge in [0.25, 0.3) is 5.91 Å². The van der Waals surface area contributed by atoms with Crippen LogP contribution in [0.2, 0.25) is 0 Å². The Balaban J connectivity index is 1.74. The molecule has 0 aliphatic rings. The molecule has 0 aliphatic heterocycles. The minimum absolute atomic E-state index is 0.193. The predicted molar refractivity (Wildman–Crippen MR) is 78.8 cm³/mol. The van der Waals surface area contributed by atoms with Crippen molar-refractivity contribution in [1.29, 1.82) is 0 Å². The summed E-state index contributed by atoms with van der Waals surface area (Å²) in [7, 11) is 0. The van der Waals surface area contributed by atoms with Gasteiger partial charge in [-0.15, -0.1) is 0 Å². The monoisotopic (exact) mass is 316 g/mol. The molecule has 0 aliphatic carbocycles. The van der Waals surface area contributed by atoms with Gasteiger partial charge in [0.15, 0.2) is 0 Å². The zero-order chi connectivity index (χ0) is 16.2. The first-order valence-corrected chi connectivity index (χ1v) is 6.83. The second-order valence-corrected chi connectivity index (χ2v) is 4.76. The number of nitrogens with zero attached hydrogens (tertiary/aromatic N) is 3. The molecule has 0 spiro atoms. The predicted octanol–water partition coefficient (Wildman–Crippen LogP) is 0.395. The molecule has 0 unspecified atom stereocenters. The lowest BCUT2D eigenvalue weighted by atomic mass is 10.1. The number of aromatic nitrogens is 5. The van der Waals surface area contributed by atoms with Gasteiger partial charge in [0.1, 0.15) is 11.6 Å². The number of rotatable bonds is 5. The van der Waals surface area contributed by atoms with E-state index in [0.717, 1.165) is 0 Å². The molecule has 0 atom stereocenters. The fraction of sp³-hybridized carbons (Fsp3) is 0.143. The fourth-order valence-corrected chi connectivity index (χ4v) is 2.13. The molecular weight excluding hydrogens is 303 g/mol. The Morgan fingerprint density at radius 3 is 2.96 bits per heavy atom. The van der Waals surface area contributed by atoms with Crippen molar-refractivity contribution < 1.29 is 9.18 Å². The highest BCUT2D eigenvalue weighted by Crippen LogP contribution is 2.16. The maximum atomic E-state index is 13.5. The first kappa shape index (κ1) is 14.7. The number of carbonyl (C=O) groups is 1. The van der Waals surface area contributed by atoms with Crippen molar-refractivity contribution in [1.82, 2.24) is 30.0 Å². The lowest BCUT2D eigenvalue weighted by Gasteiger charge is -2.10. The summed E-state index contributed by atoms with van der Waals surface area (Å²) >= 11 is 0. The summed E-state index contributed by atoms with van der Waals surface area (Å²) in [4.78, 5) is 29.6. The standard InChI is InChI=1S/C14H13FN6O2/c15-9-1-2-11(21-6-5-16-8-21)10(7-9)13(22)17-4-3-12-18-14(23)20-19-12/h1-2,5-8H,3-4H2,(H,17,22)(H2,18,19,20,23). The second kappa shape index (κ2) is 6.26. The third kappa shape index (κ3) is 3.34. The van der Waals surface area contributed by atoms with Crippen molar-refractivity contribution in [3.8, 4) is 5.69 Å². The van der Waals surface area contributed by atoms with E-state index in [1.165, 1.54) is 24.5 Å². The Morgan fingerprint density at radius 1 is 1.39 bits per heavy atom. The van der Waals surface area contributed by atoms with Crippen LogP contribution < -0.4 is 11.0 Å². The van der Waals surface area contributed by atoms with Crippen molar-refractivity contribution in [2.75, 3.05) is 6.54 Å². The first-order valence-electron chi connectivity index (χ1n) is 6.83. The van der Waals surface area contributed by atoms with Crippen LogP contribution in [0.1, 0.15) is 16.2 Å². The topological polar surface area (TPSA) is 108 Å². The van der Waals surface area contributed by atoms with Gasteiger partial charge >= 0.3 is 5.69 Å². The number of H-pyrrole nitrogens is 2. The average Bonchev–Trinajstić information content (AvgIpc) is 3.19. The Kier molecular flexibility index (Phi) is 4.00. The van der Waals surface area contributed by atoms with Gasteiger partial charge in [-0.3, -0.25) is 9.78 Å². The summed E-state index contributed by atoms with van der Waals surface area (Å²) in [5.74, 6) is -0.494. The Labute approximate surface area is 129 Å². The molecule has 3 N–H and O–H groups in total. The summed E-state index contributed by atoms with van der Waals surface area (Å²) in [5.41, 5.74) is 0.312. The van der Waals surface area contributed by atoms with E-state index in [1.807, 2.05) is 0 Å². The van der Waals surface area contributed by atoms with E-state index in [-0.39, 0.29) is 12.1 Å². The lowest BCUT2D eigenvalue weighted by Crippen LogP contribution is -2.27. The van der Waals surface area contributed by atoms with E-state index in [1.54, 1.807) is 17.0 Å². The molecule has 1 amide bonds. The fourth-order valence-electron chi connectivity index (χ4n) is 2.13. The molecule has 0 saturated carbocycles. The maximum absolute atomic E-state index is 13.5. The van der Waals surface area contributed by atoms with Crippen molar-refractivity contribution in [3.63, 3.8) is 0 Å². The van der Waals surface area contributed by atoms with Crippen molar-refractivity contribution >= 4 is 5.91 Å². The third-order valence-corrected chi connectivity index (χ3v) is 3.18. The number of aromatic amines is 2. The molecule has 0 fully saturated rings. The van der Waals surface area contributed by atoms with Crippen molar-refractivity contribution in [2.24, 2.45) is 0 Å². The van der Waals surface area contributed by atoms with Crippen LogP contribution in [0.4, 0.5) is 4.39 Å². The molecule has 1 aromatic carbocycles. The molecule has 118 valence electrons. The van der Waals surface area contributed by atoms with E-state index in [4.69, 9.17) is 0 Å². The summed E-state index contributed by atoms with van der Waals surface area (Å²) in [5, 5.41) is 8.65. The zero-order valence-electron chi connectivity index (χ0n) is 11.9. The Hall–Kier alpha value is -3.23. The summed E-state index contributed by atoms with van der Waals surface area (Å²) in [6, 6.07) is 3.96. The smallest absolute Gasteiger partial charge is 0.340 e. The van der Waals surface area contributed by atoms with E-state index in [0.29, 0.717) is 17.9 Å².